The maximum absolute atomic E-state index is 11.8. The standard InChI is InChI=1S/C10H12BrN3O/c1-13-5-2-6-14(10(13)15)9-4-3-8(11)7-12-9/h3-4,7H,2,5-6H2,1H3. The van der Waals surface area contributed by atoms with Gasteiger partial charge in [0.25, 0.3) is 0 Å². The van der Waals surface area contributed by atoms with Crippen LogP contribution in [-0.2, 0) is 0 Å². The minimum atomic E-state index is 0.0241. The number of nitrogens with zero attached hydrogens (tertiary/aromatic N) is 3. The summed E-state index contributed by atoms with van der Waals surface area (Å²) in [6, 6.07) is 3.77. The molecule has 1 aliphatic rings. The monoisotopic (exact) mass is 269 g/mol. The molecule has 5 heteroatoms. The Bertz CT molecular complexity index is 365. The molecule has 15 heavy (non-hydrogen) atoms. The van der Waals surface area contributed by atoms with E-state index in [4.69, 9.17) is 0 Å². The predicted molar refractivity (Wildman–Crippen MR) is 61.9 cm³/mol. The number of hydrogen-bond donors (Lipinski definition) is 0. The quantitative estimate of drug-likeness (QED) is 0.783. The first-order valence-corrected chi connectivity index (χ1v) is 5.62. The van der Waals surface area contributed by atoms with Crippen molar-refractivity contribution < 1.29 is 4.79 Å². The van der Waals surface area contributed by atoms with Gasteiger partial charge in [0.15, 0.2) is 0 Å². The molecule has 0 bridgehead atoms. The van der Waals surface area contributed by atoms with Gasteiger partial charge in [-0.25, -0.2) is 9.78 Å². The van der Waals surface area contributed by atoms with Crippen LogP contribution in [0.15, 0.2) is 22.8 Å². The van der Waals surface area contributed by atoms with Crippen molar-refractivity contribution in [1.29, 1.82) is 0 Å². The number of carbonyl (C=O) groups excluding carboxylic acids is 1. The fraction of sp³-hybridized carbons (Fsp3) is 0.400. The van der Waals surface area contributed by atoms with Gasteiger partial charge in [-0.3, -0.25) is 4.90 Å². The van der Waals surface area contributed by atoms with E-state index in [0.717, 1.165) is 29.8 Å². The maximum Gasteiger partial charge on any atom is 0.325 e. The largest absolute Gasteiger partial charge is 0.327 e. The molecule has 1 aromatic heterocycles. The number of halogens is 1. The average Bonchev–Trinajstić information content (AvgIpc) is 2.24. The van der Waals surface area contributed by atoms with Crippen LogP contribution in [0.5, 0.6) is 0 Å². The van der Waals surface area contributed by atoms with Gasteiger partial charge >= 0.3 is 6.03 Å². The molecule has 0 aliphatic carbocycles. The van der Waals surface area contributed by atoms with Crippen molar-refractivity contribution in [2.24, 2.45) is 0 Å². The Morgan fingerprint density at radius 2 is 2.20 bits per heavy atom. The molecule has 2 heterocycles. The molecule has 0 radical (unpaired) electrons. The van der Waals surface area contributed by atoms with Crippen LogP contribution in [-0.4, -0.2) is 36.1 Å². The number of anilines is 1. The Kier molecular flexibility index (Phi) is 2.90. The molecule has 2 amide bonds. The van der Waals surface area contributed by atoms with Gasteiger partial charge in [-0.1, -0.05) is 0 Å². The Labute approximate surface area is 97.0 Å². The molecule has 4 nitrogen and oxygen atoms in total. The van der Waals surface area contributed by atoms with Crippen LogP contribution in [0.25, 0.3) is 0 Å². The van der Waals surface area contributed by atoms with E-state index in [9.17, 15) is 4.79 Å². The van der Waals surface area contributed by atoms with Crippen molar-refractivity contribution in [2.75, 3.05) is 25.0 Å². The van der Waals surface area contributed by atoms with Gasteiger partial charge in [-0.05, 0) is 34.5 Å². The van der Waals surface area contributed by atoms with Crippen LogP contribution in [0.1, 0.15) is 6.42 Å². The summed E-state index contributed by atoms with van der Waals surface area (Å²) in [5.74, 6) is 0.717. The first-order chi connectivity index (χ1) is 7.18. The Morgan fingerprint density at radius 1 is 1.40 bits per heavy atom. The third kappa shape index (κ3) is 2.12. The molecule has 0 spiro atoms. The molecule has 2 rings (SSSR count). The molecule has 80 valence electrons. The molecule has 0 atom stereocenters. The lowest BCUT2D eigenvalue weighted by Crippen LogP contribution is -2.47. The van der Waals surface area contributed by atoms with E-state index in [2.05, 4.69) is 20.9 Å². The lowest BCUT2D eigenvalue weighted by Gasteiger charge is -2.32. The van der Waals surface area contributed by atoms with Gasteiger partial charge < -0.3 is 4.90 Å². The number of rotatable bonds is 1. The third-order valence-electron chi connectivity index (χ3n) is 2.42. The number of urea groups is 1. The molecular formula is C10H12BrN3O. The van der Waals surface area contributed by atoms with Crippen molar-refractivity contribution in [3.05, 3.63) is 22.8 Å². The fourth-order valence-corrected chi connectivity index (χ4v) is 1.84. The zero-order chi connectivity index (χ0) is 10.8. The van der Waals surface area contributed by atoms with Crippen LogP contribution in [0.4, 0.5) is 10.6 Å². The highest BCUT2D eigenvalue weighted by atomic mass is 79.9. The molecule has 0 saturated carbocycles. The van der Waals surface area contributed by atoms with Crippen molar-refractivity contribution >= 4 is 27.8 Å². The van der Waals surface area contributed by atoms with Crippen molar-refractivity contribution in [3.8, 4) is 0 Å². The number of hydrogen-bond acceptors (Lipinski definition) is 2. The molecule has 0 N–H and O–H groups in total. The molecule has 1 saturated heterocycles. The van der Waals surface area contributed by atoms with E-state index in [0.29, 0.717) is 0 Å². The minimum Gasteiger partial charge on any atom is -0.327 e. The molecule has 1 aromatic rings. The highest BCUT2D eigenvalue weighted by molar-refractivity contribution is 9.10. The molecule has 0 aromatic carbocycles. The number of carbonyl (C=O) groups is 1. The normalized spacial score (nSPS) is 17.1. The summed E-state index contributed by atoms with van der Waals surface area (Å²) in [7, 11) is 1.81. The van der Waals surface area contributed by atoms with Gasteiger partial charge in [-0.2, -0.15) is 0 Å². The van der Waals surface area contributed by atoms with E-state index in [1.165, 1.54) is 0 Å². The first-order valence-electron chi connectivity index (χ1n) is 4.82. The Balaban J connectivity index is 2.22. The molecule has 1 fully saturated rings. The third-order valence-corrected chi connectivity index (χ3v) is 2.89. The van der Waals surface area contributed by atoms with Crippen LogP contribution < -0.4 is 4.90 Å². The first kappa shape index (κ1) is 10.4. The van der Waals surface area contributed by atoms with Crippen LogP contribution in [0.3, 0.4) is 0 Å². The van der Waals surface area contributed by atoms with E-state index in [1.807, 2.05) is 19.2 Å². The highest BCUT2D eigenvalue weighted by Gasteiger charge is 2.24. The maximum atomic E-state index is 11.8. The summed E-state index contributed by atoms with van der Waals surface area (Å²) in [4.78, 5) is 19.4. The van der Waals surface area contributed by atoms with Crippen LogP contribution in [0.2, 0.25) is 0 Å². The predicted octanol–water partition coefficient (Wildman–Crippen LogP) is 2.11. The van der Waals surface area contributed by atoms with Crippen LogP contribution in [0, 0.1) is 0 Å². The summed E-state index contributed by atoms with van der Waals surface area (Å²) in [6.07, 6.45) is 2.69. The van der Waals surface area contributed by atoms with E-state index in [1.54, 1.807) is 16.0 Å². The number of pyridine rings is 1. The summed E-state index contributed by atoms with van der Waals surface area (Å²) in [6.45, 7) is 1.57. The second-order valence-electron chi connectivity index (χ2n) is 3.54. The van der Waals surface area contributed by atoms with Crippen molar-refractivity contribution in [2.45, 2.75) is 6.42 Å². The van der Waals surface area contributed by atoms with Gasteiger partial charge in [0.05, 0.1) is 0 Å². The lowest BCUT2D eigenvalue weighted by molar-refractivity contribution is 0.207. The van der Waals surface area contributed by atoms with E-state index >= 15 is 0 Å². The zero-order valence-electron chi connectivity index (χ0n) is 8.48. The summed E-state index contributed by atoms with van der Waals surface area (Å²) >= 11 is 3.32. The van der Waals surface area contributed by atoms with Gasteiger partial charge in [0, 0.05) is 30.8 Å². The van der Waals surface area contributed by atoms with Crippen molar-refractivity contribution in [3.63, 3.8) is 0 Å². The molecular weight excluding hydrogens is 258 g/mol. The smallest absolute Gasteiger partial charge is 0.325 e. The van der Waals surface area contributed by atoms with E-state index in [-0.39, 0.29) is 6.03 Å². The fourth-order valence-electron chi connectivity index (χ4n) is 1.60. The highest BCUT2D eigenvalue weighted by Crippen LogP contribution is 2.18. The lowest BCUT2D eigenvalue weighted by atomic mass is 10.3. The Morgan fingerprint density at radius 3 is 2.87 bits per heavy atom. The van der Waals surface area contributed by atoms with Gasteiger partial charge in [0.1, 0.15) is 5.82 Å². The average molecular weight is 270 g/mol. The number of amides is 2. The second kappa shape index (κ2) is 4.18. The minimum absolute atomic E-state index is 0.0241. The second-order valence-corrected chi connectivity index (χ2v) is 4.46. The summed E-state index contributed by atoms with van der Waals surface area (Å²) in [5.41, 5.74) is 0. The zero-order valence-corrected chi connectivity index (χ0v) is 10.1. The van der Waals surface area contributed by atoms with Gasteiger partial charge in [-0.15, -0.1) is 0 Å². The van der Waals surface area contributed by atoms with Crippen LogP contribution >= 0.6 is 15.9 Å². The SMILES string of the molecule is CN1CCCN(c2ccc(Br)cn2)C1=O. The topological polar surface area (TPSA) is 36.4 Å². The van der Waals surface area contributed by atoms with E-state index < -0.39 is 0 Å². The molecule has 0 unspecified atom stereocenters. The Hall–Kier alpha value is -1.10. The van der Waals surface area contributed by atoms with Crippen molar-refractivity contribution in [1.82, 2.24) is 9.88 Å². The number of aromatic nitrogens is 1. The molecule has 1 aliphatic heterocycles. The summed E-state index contributed by atoms with van der Waals surface area (Å²) < 4.78 is 0.920. The summed E-state index contributed by atoms with van der Waals surface area (Å²) in [5, 5.41) is 0. The van der Waals surface area contributed by atoms with Gasteiger partial charge in [0.2, 0.25) is 0 Å².